The molecule has 0 spiro atoms. The van der Waals surface area contributed by atoms with Gasteiger partial charge >= 0.3 is 0 Å². The van der Waals surface area contributed by atoms with Crippen molar-refractivity contribution in [1.29, 1.82) is 0 Å². The Morgan fingerprint density at radius 1 is 1.14 bits per heavy atom. The average Bonchev–Trinajstić information content (AvgIpc) is 3.24. The molecule has 2 aromatic heterocycles. The summed E-state index contributed by atoms with van der Waals surface area (Å²) in [5.41, 5.74) is 0.622. The van der Waals surface area contributed by atoms with Crippen LogP contribution in [0.25, 0.3) is 22.4 Å². The number of nitrogens with zero attached hydrogens (tertiary/aromatic N) is 3. The minimum Gasteiger partial charge on any atom is -0.471 e. The fourth-order valence-corrected chi connectivity index (χ4v) is 5.36. The summed E-state index contributed by atoms with van der Waals surface area (Å²) >= 11 is 5.78. The number of halogens is 4. The number of hydrogen-bond donors (Lipinski definition) is 3. The van der Waals surface area contributed by atoms with E-state index in [1.807, 2.05) is 4.72 Å². The molecule has 5 rings (SSSR count). The molecule has 4 aromatic rings. The predicted molar refractivity (Wildman–Crippen MR) is 131 cm³/mol. The number of piperidine rings is 1. The van der Waals surface area contributed by atoms with Crippen molar-refractivity contribution in [3.8, 4) is 17.3 Å². The van der Waals surface area contributed by atoms with Crippen molar-refractivity contribution in [2.45, 2.75) is 30.5 Å². The number of aromatic amines is 1. The summed E-state index contributed by atoms with van der Waals surface area (Å²) in [6.45, 7) is 2.45. The molecule has 1 saturated heterocycles. The third-order valence-corrected chi connectivity index (χ3v) is 7.45. The molecule has 1 aliphatic heterocycles. The fourth-order valence-electron chi connectivity index (χ4n) is 3.95. The average molecular weight is 553 g/mol. The normalized spacial score (nSPS) is 18.2. The summed E-state index contributed by atoms with van der Waals surface area (Å²) in [7, 11) is -4.48. The first kappa shape index (κ1) is 25.2. The Labute approximate surface area is 214 Å². The van der Waals surface area contributed by atoms with Gasteiger partial charge in [-0.25, -0.2) is 26.6 Å². The Kier molecular flexibility index (Phi) is 6.68. The number of sulfonamides is 1. The minimum absolute atomic E-state index is 0.000716. The van der Waals surface area contributed by atoms with Crippen LogP contribution in [0.15, 0.2) is 41.3 Å². The molecule has 2 aromatic carbocycles. The molecule has 14 heteroatoms. The second-order valence-electron chi connectivity index (χ2n) is 8.42. The Balaban J connectivity index is 1.48. The van der Waals surface area contributed by atoms with E-state index in [4.69, 9.17) is 16.3 Å². The number of fused-ring (bicyclic) bond motifs is 1. The Bertz CT molecular complexity index is 1600. The Hall–Kier alpha value is -3.42. The van der Waals surface area contributed by atoms with E-state index in [1.54, 1.807) is 6.92 Å². The molecule has 0 aliphatic carbocycles. The SMILES string of the molecule is Cc1n[nH]c2nc(-c3ccc(NS(=O)(=O)c4cc(Cl)ccc4F)c(F)c3)nc(O[C@@H]3CCNC[C@@H]3F)c12. The first-order chi connectivity index (χ1) is 17.6. The van der Waals surface area contributed by atoms with Crippen molar-refractivity contribution in [2.75, 3.05) is 17.8 Å². The van der Waals surface area contributed by atoms with Gasteiger partial charge in [0.15, 0.2) is 11.5 Å². The predicted octanol–water partition coefficient (Wildman–Crippen LogP) is 4.14. The Morgan fingerprint density at radius 3 is 2.70 bits per heavy atom. The van der Waals surface area contributed by atoms with Gasteiger partial charge in [-0.2, -0.15) is 10.1 Å². The van der Waals surface area contributed by atoms with Crippen LogP contribution in [0.2, 0.25) is 5.02 Å². The molecule has 3 N–H and O–H groups in total. The van der Waals surface area contributed by atoms with Crippen LogP contribution in [-0.2, 0) is 10.0 Å². The molecule has 1 aliphatic rings. The van der Waals surface area contributed by atoms with Crippen molar-refractivity contribution in [3.63, 3.8) is 0 Å². The van der Waals surface area contributed by atoms with Crippen LogP contribution in [0.3, 0.4) is 0 Å². The lowest BCUT2D eigenvalue weighted by Gasteiger charge is -2.27. The molecular weight excluding hydrogens is 533 g/mol. The molecule has 3 heterocycles. The first-order valence-electron chi connectivity index (χ1n) is 11.1. The van der Waals surface area contributed by atoms with E-state index >= 15 is 0 Å². The lowest BCUT2D eigenvalue weighted by atomic mass is 10.1. The first-order valence-corrected chi connectivity index (χ1v) is 13.0. The van der Waals surface area contributed by atoms with Gasteiger partial charge in [-0.15, -0.1) is 0 Å². The number of anilines is 1. The van der Waals surface area contributed by atoms with Crippen LogP contribution >= 0.6 is 11.6 Å². The number of hydrogen-bond acceptors (Lipinski definition) is 7. The highest BCUT2D eigenvalue weighted by atomic mass is 35.5. The van der Waals surface area contributed by atoms with Crippen molar-refractivity contribution >= 4 is 38.3 Å². The molecule has 9 nitrogen and oxygen atoms in total. The quantitative estimate of drug-likeness (QED) is 0.329. The standard InChI is InChI=1S/C23H20ClF3N6O3S/c1-11-20-22(32-31-11)29-21(30-23(20)36-18-6-7-28-10-16(18)27)12-2-5-17(15(26)8-12)33-37(34,35)19-9-13(24)3-4-14(19)25/h2-5,8-9,16,18,28,33H,6-7,10H2,1H3,(H,29,30,31,32)/t16-,18+/m0/s1. The Morgan fingerprint density at radius 2 is 1.95 bits per heavy atom. The number of aryl methyl sites for hydroxylation is 1. The van der Waals surface area contributed by atoms with E-state index in [9.17, 15) is 21.6 Å². The molecule has 0 saturated carbocycles. The van der Waals surface area contributed by atoms with E-state index < -0.39 is 44.5 Å². The van der Waals surface area contributed by atoms with Crippen molar-refractivity contribution in [1.82, 2.24) is 25.5 Å². The highest BCUT2D eigenvalue weighted by molar-refractivity contribution is 7.92. The summed E-state index contributed by atoms with van der Waals surface area (Å²) in [6.07, 6.45) is -1.55. The van der Waals surface area contributed by atoms with Crippen LogP contribution in [0, 0.1) is 18.6 Å². The summed E-state index contributed by atoms with van der Waals surface area (Å²) in [6, 6.07) is 6.57. The van der Waals surface area contributed by atoms with Crippen LogP contribution in [0.5, 0.6) is 5.88 Å². The summed E-state index contributed by atoms with van der Waals surface area (Å²) in [5, 5.41) is 10.3. The van der Waals surface area contributed by atoms with Crippen molar-refractivity contribution in [2.24, 2.45) is 0 Å². The molecule has 37 heavy (non-hydrogen) atoms. The minimum atomic E-state index is -4.48. The number of aromatic nitrogens is 4. The number of benzene rings is 2. The van der Waals surface area contributed by atoms with Crippen molar-refractivity contribution < 1.29 is 26.3 Å². The van der Waals surface area contributed by atoms with Crippen LogP contribution < -0.4 is 14.8 Å². The van der Waals surface area contributed by atoms with Gasteiger partial charge < -0.3 is 10.1 Å². The van der Waals surface area contributed by atoms with Crippen LogP contribution in [-0.4, -0.2) is 53.9 Å². The molecule has 0 radical (unpaired) electrons. The third-order valence-electron chi connectivity index (χ3n) is 5.83. The zero-order chi connectivity index (χ0) is 26.3. The molecule has 0 bridgehead atoms. The van der Waals surface area contributed by atoms with Gasteiger partial charge in [0, 0.05) is 17.1 Å². The summed E-state index contributed by atoms with van der Waals surface area (Å²) < 4.78 is 76.7. The van der Waals surface area contributed by atoms with Gasteiger partial charge in [-0.05, 0) is 56.3 Å². The van der Waals surface area contributed by atoms with E-state index in [0.717, 1.165) is 24.3 Å². The number of H-pyrrole nitrogens is 1. The number of ether oxygens (including phenoxy) is 1. The summed E-state index contributed by atoms with van der Waals surface area (Å²) in [5.74, 6) is -1.85. The number of nitrogens with one attached hydrogen (secondary N) is 3. The van der Waals surface area contributed by atoms with Gasteiger partial charge in [-0.3, -0.25) is 9.82 Å². The van der Waals surface area contributed by atoms with E-state index in [2.05, 4.69) is 25.5 Å². The number of alkyl halides is 1. The van der Waals surface area contributed by atoms with Gasteiger partial charge in [0.25, 0.3) is 10.0 Å². The van der Waals surface area contributed by atoms with E-state index in [0.29, 0.717) is 29.7 Å². The molecule has 0 unspecified atom stereocenters. The topological polar surface area (TPSA) is 122 Å². The van der Waals surface area contributed by atoms with E-state index in [1.165, 1.54) is 12.1 Å². The van der Waals surface area contributed by atoms with Crippen LogP contribution in [0.1, 0.15) is 12.1 Å². The molecule has 0 amide bonds. The van der Waals surface area contributed by atoms with E-state index in [-0.39, 0.29) is 28.8 Å². The lowest BCUT2D eigenvalue weighted by molar-refractivity contribution is 0.0707. The number of rotatable bonds is 6. The highest BCUT2D eigenvalue weighted by Crippen LogP contribution is 2.31. The third kappa shape index (κ3) is 5.06. The highest BCUT2D eigenvalue weighted by Gasteiger charge is 2.29. The largest absolute Gasteiger partial charge is 0.471 e. The lowest BCUT2D eigenvalue weighted by Crippen LogP contribution is -2.44. The zero-order valence-corrected chi connectivity index (χ0v) is 20.8. The van der Waals surface area contributed by atoms with Crippen molar-refractivity contribution in [3.05, 3.63) is 58.7 Å². The molecule has 2 atom stereocenters. The molecule has 194 valence electrons. The second-order valence-corrected chi connectivity index (χ2v) is 10.5. The summed E-state index contributed by atoms with van der Waals surface area (Å²) in [4.78, 5) is 8.04. The fraction of sp³-hybridized carbons (Fsp3) is 0.261. The van der Waals surface area contributed by atoms with Gasteiger partial charge in [0.1, 0.15) is 34.2 Å². The maximum absolute atomic E-state index is 15.0. The second kappa shape index (κ2) is 9.80. The smallest absolute Gasteiger partial charge is 0.264 e. The monoisotopic (exact) mass is 552 g/mol. The zero-order valence-electron chi connectivity index (χ0n) is 19.2. The maximum Gasteiger partial charge on any atom is 0.264 e. The molecule has 1 fully saturated rings. The van der Waals surface area contributed by atoms with Crippen LogP contribution in [0.4, 0.5) is 18.9 Å². The maximum atomic E-state index is 15.0. The van der Waals surface area contributed by atoms with Gasteiger partial charge in [0.05, 0.1) is 11.4 Å². The van der Waals surface area contributed by atoms with Gasteiger partial charge in [-0.1, -0.05) is 11.6 Å². The molecular formula is C23H20ClF3N6O3S. The van der Waals surface area contributed by atoms with Gasteiger partial charge in [0.2, 0.25) is 5.88 Å².